The number of allylic oxidation sites excluding steroid dienone is 2. The van der Waals surface area contributed by atoms with Crippen molar-refractivity contribution >= 4 is 39.9 Å². The average molecular weight is 659 g/mol. The summed E-state index contributed by atoms with van der Waals surface area (Å²) < 4.78 is 73.9. The summed E-state index contributed by atoms with van der Waals surface area (Å²) in [7, 11) is 0. The number of fused-ring (bicyclic) bond motifs is 1. The molecule has 1 saturated heterocycles. The molecule has 3 aromatic rings. The monoisotopic (exact) mass is 658 g/mol. The van der Waals surface area contributed by atoms with Crippen molar-refractivity contribution in [3.05, 3.63) is 86.6 Å². The first-order chi connectivity index (χ1) is 21.7. The molecule has 0 spiro atoms. The maximum Gasteiger partial charge on any atom is 0.276 e. The molecule has 1 amide bonds. The second kappa shape index (κ2) is 12.2. The van der Waals surface area contributed by atoms with Crippen LogP contribution in [0.1, 0.15) is 33.3 Å². The van der Waals surface area contributed by atoms with Gasteiger partial charge in [0.25, 0.3) is 5.56 Å². The molecule has 1 unspecified atom stereocenters. The standard InChI is InChI=1S/C32H28ClF5N6O2/c1-6-20(45)43-10-9-42(13-16(43)5)30-17-11-19(33)28(21-22(34)24(36)26(38)25(37)23(21)35)41-31(17)44(32(46)18(30)12-39)29-15(4)7-8-40-27(29)14(2)3/h6-8,11,14,16,27,40H,1,9-10,13H2,2-5H3/t16-,27?/m1/s1. The number of amides is 1. The van der Waals surface area contributed by atoms with Crippen LogP contribution < -0.4 is 15.8 Å². The Labute approximate surface area is 265 Å². The number of nitrogens with one attached hydrogen (secondary N) is 1. The summed E-state index contributed by atoms with van der Waals surface area (Å²) in [6, 6.07) is 2.29. The Kier molecular flexibility index (Phi) is 8.70. The Morgan fingerprint density at radius 3 is 2.35 bits per heavy atom. The van der Waals surface area contributed by atoms with E-state index in [2.05, 4.69) is 16.9 Å². The average Bonchev–Trinajstić information content (AvgIpc) is 3.02. The normalized spacial score (nSPS) is 18.3. The second-order valence-electron chi connectivity index (χ2n) is 11.4. The van der Waals surface area contributed by atoms with Crippen LogP contribution in [0.15, 0.2) is 41.4 Å². The SMILES string of the molecule is C=CC(=O)N1CCN(c2c(C#N)c(=O)n(C3=C(C)C=CNC3C(C)C)c3nc(-c4c(F)c(F)c(F)c(F)c4F)c(Cl)cc23)C[C@H]1C. The summed E-state index contributed by atoms with van der Waals surface area (Å²) >= 11 is 6.51. The molecule has 4 heterocycles. The van der Waals surface area contributed by atoms with Crippen LogP contribution in [0.4, 0.5) is 27.6 Å². The molecule has 1 fully saturated rings. The van der Waals surface area contributed by atoms with E-state index in [9.17, 15) is 28.0 Å². The quantitative estimate of drug-likeness (QED) is 0.159. The number of rotatable bonds is 5. The van der Waals surface area contributed by atoms with Gasteiger partial charge in [0, 0.05) is 31.1 Å². The van der Waals surface area contributed by atoms with E-state index >= 15 is 8.78 Å². The molecule has 1 N–H and O–H groups in total. The molecule has 0 bridgehead atoms. The Morgan fingerprint density at radius 2 is 1.78 bits per heavy atom. The van der Waals surface area contributed by atoms with Gasteiger partial charge in [0.15, 0.2) is 23.3 Å². The minimum Gasteiger partial charge on any atom is -0.382 e. The Morgan fingerprint density at radius 1 is 1.15 bits per heavy atom. The summed E-state index contributed by atoms with van der Waals surface area (Å²) in [4.78, 5) is 34.4. The number of aromatic nitrogens is 2. The van der Waals surface area contributed by atoms with Crippen LogP contribution in [0.25, 0.3) is 28.0 Å². The first-order valence-electron chi connectivity index (χ1n) is 14.3. The fourth-order valence-corrected chi connectivity index (χ4v) is 6.27. The zero-order chi connectivity index (χ0) is 33.8. The zero-order valence-electron chi connectivity index (χ0n) is 25.2. The van der Waals surface area contributed by atoms with Crippen LogP contribution in [-0.2, 0) is 4.79 Å². The molecule has 0 aliphatic carbocycles. The molecule has 240 valence electrons. The smallest absolute Gasteiger partial charge is 0.276 e. The molecule has 14 heteroatoms. The number of carbonyl (C=O) groups is 1. The first kappa shape index (κ1) is 32.7. The van der Waals surface area contributed by atoms with Crippen molar-refractivity contribution in [1.29, 1.82) is 5.26 Å². The van der Waals surface area contributed by atoms with Crippen LogP contribution in [0, 0.1) is 46.3 Å². The Bertz CT molecular complexity index is 1950. The number of piperazine rings is 1. The summed E-state index contributed by atoms with van der Waals surface area (Å²) in [5.41, 5.74) is -2.43. The van der Waals surface area contributed by atoms with E-state index in [4.69, 9.17) is 11.6 Å². The highest BCUT2D eigenvalue weighted by Crippen LogP contribution is 2.40. The third-order valence-electron chi connectivity index (χ3n) is 8.25. The van der Waals surface area contributed by atoms with Gasteiger partial charge in [-0.15, -0.1) is 0 Å². The molecule has 8 nitrogen and oxygen atoms in total. The van der Waals surface area contributed by atoms with E-state index in [1.165, 1.54) is 12.1 Å². The lowest BCUT2D eigenvalue weighted by Crippen LogP contribution is -2.54. The van der Waals surface area contributed by atoms with Crippen molar-refractivity contribution in [1.82, 2.24) is 19.8 Å². The molecule has 2 aliphatic rings. The lowest BCUT2D eigenvalue weighted by atomic mass is 9.94. The molecular formula is C32H28ClF5N6O2. The number of hydrogen-bond donors (Lipinski definition) is 1. The number of carbonyl (C=O) groups excluding carboxylic acids is 1. The van der Waals surface area contributed by atoms with Crippen LogP contribution in [-0.4, -0.2) is 52.1 Å². The fraction of sp³-hybridized carbons (Fsp3) is 0.312. The van der Waals surface area contributed by atoms with Gasteiger partial charge in [-0.3, -0.25) is 14.2 Å². The summed E-state index contributed by atoms with van der Waals surface area (Å²) in [6.45, 7) is 11.3. The predicted molar refractivity (Wildman–Crippen MR) is 164 cm³/mol. The molecule has 46 heavy (non-hydrogen) atoms. The van der Waals surface area contributed by atoms with E-state index in [-0.39, 0.29) is 59.8 Å². The zero-order valence-corrected chi connectivity index (χ0v) is 25.9. The van der Waals surface area contributed by atoms with Crippen molar-refractivity contribution in [3.8, 4) is 17.3 Å². The van der Waals surface area contributed by atoms with Crippen molar-refractivity contribution in [2.24, 2.45) is 5.92 Å². The van der Waals surface area contributed by atoms with E-state index in [0.29, 0.717) is 11.3 Å². The van der Waals surface area contributed by atoms with E-state index in [1.54, 1.807) is 35.9 Å². The van der Waals surface area contributed by atoms with Gasteiger partial charge in [-0.25, -0.2) is 26.9 Å². The molecule has 0 radical (unpaired) electrons. The third kappa shape index (κ3) is 5.10. The molecule has 2 aromatic heterocycles. The number of nitrogens with zero attached hydrogens (tertiary/aromatic N) is 5. The molecular weight excluding hydrogens is 631 g/mol. The van der Waals surface area contributed by atoms with Crippen molar-refractivity contribution in [3.63, 3.8) is 0 Å². The summed E-state index contributed by atoms with van der Waals surface area (Å²) in [5.74, 6) is -11.5. The number of pyridine rings is 2. The molecule has 2 atom stereocenters. The van der Waals surface area contributed by atoms with Gasteiger partial charge in [-0.2, -0.15) is 5.26 Å². The van der Waals surface area contributed by atoms with Gasteiger partial charge in [-0.05, 0) is 49.8 Å². The number of anilines is 1. The lowest BCUT2D eigenvalue weighted by Gasteiger charge is -2.41. The topological polar surface area (TPSA) is 94.3 Å². The largest absolute Gasteiger partial charge is 0.382 e. The van der Waals surface area contributed by atoms with Gasteiger partial charge in [-0.1, -0.05) is 32.0 Å². The van der Waals surface area contributed by atoms with Gasteiger partial charge in [0.2, 0.25) is 11.7 Å². The van der Waals surface area contributed by atoms with Gasteiger partial charge in [0.1, 0.15) is 17.3 Å². The molecule has 2 aliphatic heterocycles. The van der Waals surface area contributed by atoms with Gasteiger partial charge >= 0.3 is 0 Å². The second-order valence-corrected chi connectivity index (χ2v) is 11.8. The highest BCUT2D eigenvalue weighted by atomic mass is 35.5. The van der Waals surface area contributed by atoms with Crippen molar-refractivity contribution < 1.29 is 26.7 Å². The molecule has 5 rings (SSSR count). The predicted octanol–water partition coefficient (Wildman–Crippen LogP) is 5.88. The third-order valence-corrected chi connectivity index (χ3v) is 8.54. The molecule has 0 saturated carbocycles. The van der Waals surface area contributed by atoms with Gasteiger partial charge < -0.3 is 15.1 Å². The minimum absolute atomic E-state index is 0.105. The van der Waals surface area contributed by atoms with Crippen LogP contribution in [0.2, 0.25) is 5.02 Å². The Balaban J connectivity index is 1.91. The highest BCUT2D eigenvalue weighted by Gasteiger charge is 2.35. The highest BCUT2D eigenvalue weighted by molar-refractivity contribution is 6.34. The number of halogens is 6. The van der Waals surface area contributed by atoms with E-state index in [1.807, 2.05) is 19.9 Å². The summed E-state index contributed by atoms with van der Waals surface area (Å²) in [5, 5.41) is 13.2. The maximum absolute atomic E-state index is 15.1. The first-order valence-corrected chi connectivity index (χ1v) is 14.7. The van der Waals surface area contributed by atoms with E-state index in [0.717, 1.165) is 4.57 Å². The van der Waals surface area contributed by atoms with E-state index < -0.39 is 57.0 Å². The Hall–Kier alpha value is -4.70. The van der Waals surface area contributed by atoms with Gasteiger partial charge in [0.05, 0.1) is 33.7 Å². The summed E-state index contributed by atoms with van der Waals surface area (Å²) in [6.07, 6.45) is 4.55. The fourth-order valence-electron chi connectivity index (χ4n) is 6.02. The number of dihydropyridines is 1. The molecule has 1 aromatic carbocycles. The van der Waals surface area contributed by atoms with Crippen molar-refractivity contribution in [2.75, 3.05) is 24.5 Å². The van der Waals surface area contributed by atoms with Crippen LogP contribution in [0.3, 0.4) is 0 Å². The maximum atomic E-state index is 15.1. The minimum atomic E-state index is -2.35. The van der Waals surface area contributed by atoms with Crippen molar-refractivity contribution in [2.45, 2.75) is 39.8 Å². The van der Waals surface area contributed by atoms with Crippen LogP contribution >= 0.6 is 11.6 Å². The lowest BCUT2D eigenvalue weighted by molar-refractivity contribution is -0.128. The number of nitriles is 1. The number of hydrogen-bond acceptors (Lipinski definition) is 6. The van der Waals surface area contributed by atoms with Crippen LogP contribution in [0.5, 0.6) is 0 Å². The number of benzene rings is 1.